The largest absolute Gasteiger partial charge is 0.488 e. The Morgan fingerprint density at radius 2 is 1.82 bits per heavy atom. The third-order valence-electron chi connectivity index (χ3n) is 10.7. The van der Waals surface area contributed by atoms with Gasteiger partial charge in [-0.25, -0.2) is 19.6 Å². The first kappa shape index (κ1) is 39.6. The number of thiazole rings is 1. The van der Waals surface area contributed by atoms with Crippen LogP contribution in [0.3, 0.4) is 0 Å². The summed E-state index contributed by atoms with van der Waals surface area (Å²) in [7, 11) is 0. The van der Waals surface area contributed by atoms with Crippen molar-refractivity contribution in [3.05, 3.63) is 47.4 Å². The van der Waals surface area contributed by atoms with E-state index >= 15 is 0 Å². The number of amides is 4. The number of fused-ring (bicyclic) bond motifs is 1. The minimum absolute atomic E-state index is 0.0261. The number of alkyl carbamates (subject to hydrolysis) is 1. The lowest BCUT2D eigenvalue weighted by Crippen LogP contribution is -2.59. The summed E-state index contributed by atoms with van der Waals surface area (Å²) in [5.74, 6) is -2.50. The normalized spacial score (nSPS) is 22.9. The molecule has 0 bridgehead atoms. The number of carboxylic acids is 1. The number of aliphatic carboxylic acids is 1. The second-order valence-corrected chi connectivity index (χ2v) is 16.8. The summed E-state index contributed by atoms with van der Waals surface area (Å²) in [4.78, 5) is 77.2. The molecule has 0 radical (unpaired) electrons. The Morgan fingerprint density at radius 3 is 2.45 bits per heavy atom. The fourth-order valence-electron chi connectivity index (χ4n) is 7.53. The Balaban J connectivity index is 1.33. The number of pyridine rings is 1. The molecule has 2 saturated carbocycles. The smallest absolute Gasteiger partial charge is 0.408 e. The second-order valence-electron chi connectivity index (χ2n) is 16.0. The van der Waals surface area contributed by atoms with Crippen LogP contribution in [0, 0.1) is 25.2 Å². The van der Waals surface area contributed by atoms with Crippen molar-refractivity contribution in [1.29, 1.82) is 0 Å². The molecule has 0 spiro atoms. The first-order valence-electron chi connectivity index (χ1n) is 18.8. The van der Waals surface area contributed by atoms with Crippen LogP contribution in [0.4, 0.5) is 9.93 Å². The minimum Gasteiger partial charge on any atom is -0.488 e. The zero-order valence-electron chi connectivity index (χ0n) is 32.2. The Hall–Kier alpha value is -5.05. The van der Waals surface area contributed by atoms with E-state index < -0.39 is 58.9 Å². The van der Waals surface area contributed by atoms with Gasteiger partial charge in [0.25, 0.3) is 0 Å². The van der Waals surface area contributed by atoms with Gasteiger partial charge in [0.05, 0.1) is 17.8 Å². The van der Waals surface area contributed by atoms with Gasteiger partial charge in [0, 0.05) is 35.6 Å². The van der Waals surface area contributed by atoms with Crippen molar-refractivity contribution in [2.24, 2.45) is 11.3 Å². The molecular weight excluding hydrogens is 725 g/mol. The molecule has 55 heavy (non-hydrogen) atoms. The van der Waals surface area contributed by atoms with Crippen LogP contribution in [0.25, 0.3) is 22.3 Å². The summed E-state index contributed by atoms with van der Waals surface area (Å²) < 4.78 is 12.4. The first-order chi connectivity index (χ1) is 26.0. The SMILES string of the molecule is C=C[C@@H]1C[C@]1(NC(=O)[C@@H]1C[C@@H](Oc2cc(-c3csc(NC(=O)CC)n3)nc3c(C)cc(C)cc23)CN1C(=O)[C@@H](NC(=O)OC1CCCC1)C(C)(C)C)C(=O)O. The molecule has 4 amide bonds. The van der Waals surface area contributed by atoms with Gasteiger partial charge in [0.1, 0.15) is 41.3 Å². The molecule has 1 aliphatic heterocycles. The standard InChI is InChI=1S/C40H50N6O8S/c1-8-23-18-40(23,36(50)51)45-34(48)29-16-25(19-46(29)35(49)33(39(5,6)7)44-38(52)54-24-12-10-11-13-24)53-30-17-27(28-20-55-37(42-28)43-31(47)9-2)41-32-22(4)14-21(3)15-26(30)32/h8,14-15,17,20,23-25,29,33H,1,9-13,16,18-19H2,2-7H3,(H,44,52)(H,45,48)(H,50,51)(H,42,43,47)/t23-,25-,29+,33-,40-/m1/s1. The number of likely N-dealkylation sites (tertiary alicyclic amines) is 1. The van der Waals surface area contributed by atoms with Gasteiger partial charge >= 0.3 is 12.1 Å². The molecular formula is C40H50N6O8S. The molecule has 3 aromatic rings. The van der Waals surface area contributed by atoms with Crippen LogP contribution in [0.2, 0.25) is 0 Å². The Bertz CT molecular complexity index is 2020. The third-order valence-corrected chi connectivity index (χ3v) is 11.4. The predicted molar refractivity (Wildman–Crippen MR) is 208 cm³/mol. The summed E-state index contributed by atoms with van der Waals surface area (Å²) in [6.07, 6.45) is 3.85. The van der Waals surface area contributed by atoms with Gasteiger partial charge < -0.3 is 35.4 Å². The van der Waals surface area contributed by atoms with E-state index in [1.54, 1.807) is 18.4 Å². The Labute approximate surface area is 324 Å². The maximum atomic E-state index is 14.6. The van der Waals surface area contributed by atoms with E-state index in [1.165, 1.54) is 22.3 Å². The number of rotatable bonds is 12. The lowest BCUT2D eigenvalue weighted by atomic mass is 9.85. The van der Waals surface area contributed by atoms with Crippen LogP contribution in [0.1, 0.15) is 83.8 Å². The van der Waals surface area contributed by atoms with Crippen LogP contribution >= 0.6 is 11.3 Å². The zero-order valence-corrected chi connectivity index (χ0v) is 33.0. The molecule has 3 heterocycles. The van der Waals surface area contributed by atoms with Gasteiger partial charge in [0.15, 0.2) is 5.13 Å². The molecule has 14 nitrogen and oxygen atoms in total. The molecule has 6 rings (SSSR count). The molecule has 5 atom stereocenters. The highest BCUT2D eigenvalue weighted by molar-refractivity contribution is 7.14. The van der Waals surface area contributed by atoms with Gasteiger partial charge in [-0.15, -0.1) is 17.9 Å². The van der Waals surface area contributed by atoms with Crippen molar-refractivity contribution in [3.8, 4) is 17.1 Å². The number of carbonyl (C=O) groups is 5. The summed E-state index contributed by atoms with van der Waals surface area (Å²) in [5, 5.41) is 21.3. The van der Waals surface area contributed by atoms with Crippen molar-refractivity contribution >= 4 is 57.2 Å². The summed E-state index contributed by atoms with van der Waals surface area (Å²) in [6, 6.07) is 3.54. The summed E-state index contributed by atoms with van der Waals surface area (Å²) in [6.45, 7) is 14.8. The lowest BCUT2D eigenvalue weighted by molar-refractivity contribution is -0.146. The number of carboxylic acid groups (broad SMARTS) is 1. The Kier molecular flexibility index (Phi) is 11.2. The van der Waals surface area contributed by atoms with Crippen molar-refractivity contribution in [2.45, 2.75) is 116 Å². The number of nitrogens with zero attached hydrogens (tertiary/aromatic N) is 3. The van der Waals surface area contributed by atoms with Crippen molar-refractivity contribution in [1.82, 2.24) is 25.5 Å². The van der Waals surface area contributed by atoms with Crippen LogP contribution in [0.5, 0.6) is 5.75 Å². The average Bonchev–Trinajstić information content (AvgIpc) is 3.53. The number of carbonyl (C=O) groups excluding carboxylic acids is 4. The molecule has 0 unspecified atom stereocenters. The maximum Gasteiger partial charge on any atom is 0.408 e. The lowest BCUT2D eigenvalue weighted by Gasteiger charge is -2.35. The molecule has 2 aliphatic carbocycles. The topological polar surface area (TPSA) is 189 Å². The fourth-order valence-corrected chi connectivity index (χ4v) is 8.25. The van der Waals surface area contributed by atoms with Crippen molar-refractivity contribution in [3.63, 3.8) is 0 Å². The molecule has 3 aliphatic rings. The number of nitrogens with one attached hydrogen (secondary N) is 3. The average molecular weight is 775 g/mol. The van der Waals surface area contributed by atoms with Crippen LogP contribution in [-0.2, 0) is 23.9 Å². The fraction of sp³-hybridized carbons (Fsp3) is 0.525. The van der Waals surface area contributed by atoms with E-state index in [0.717, 1.165) is 42.2 Å². The zero-order chi connectivity index (χ0) is 39.8. The highest BCUT2D eigenvalue weighted by Crippen LogP contribution is 2.45. The first-order valence-corrected chi connectivity index (χ1v) is 19.7. The van der Waals surface area contributed by atoms with Gasteiger partial charge in [-0.1, -0.05) is 39.8 Å². The van der Waals surface area contributed by atoms with E-state index in [2.05, 4.69) is 27.5 Å². The van der Waals surface area contributed by atoms with E-state index in [-0.39, 0.29) is 31.4 Å². The highest BCUT2D eigenvalue weighted by Gasteiger charge is 2.61. The van der Waals surface area contributed by atoms with Gasteiger partial charge in [-0.3, -0.25) is 14.4 Å². The van der Waals surface area contributed by atoms with E-state index in [0.29, 0.717) is 34.2 Å². The molecule has 4 N–H and O–H groups in total. The van der Waals surface area contributed by atoms with Gasteiger partial charge in [0.2, 0.25) is 17.7 Å². The molecule has 2 aromatic heterocycles. The maximum absolute atomic E-state index is 14.6. The quantitative estimate of drug-likeness (QED) is 0.161. The van der Waals surface area contributed by atoms with Crippen molar-refractivity contribution < 1.29 is 38.6 Å². The minimum atomic E-state index is -1.52. The molecule has 1 aromatic carbocycles. The molecule has 294 valence electrons. The Morgan fingerprint density at radius 1 is 1.09 bits per heavy atom. The molecule has 3 fully saturated rings. The number of aryl methyl sites for hydroxylation is 2. The number of hydrogen-bond donors (Lipinski definition) is 4. The van der Waals surface area contributed by atoms with E-state index in [1.807, 2.05) is 46.8 Å². The van der Waals surface area contributed by atoms with Crippen molar-refractivity contribution in [2.75, 3.05) is 11.9 Å². The monoisotopic (exact) mass is 774 g/mol. The predicted octanol–water partition coefficient (Wildman–Crippen LogP) is 5.90. The van der Waals surface area contributed by atoms with E-state index in [4.69, 9.17) is 14.5 Å². The molecule has 15 heteroatoms. The van der Waals surface area contributed by atoms with E-state index in [9.17, 15) is 29.1 Å². The number of anilines is 1. The number of hydrogen-bond acceptors (Lipinski definition) is 10. The third kappa shape index (κ3) is 8.46. The van der Waals surface area contributed by atoms with Gasteiger partial charge in [-0.05, 0) is 68.6 Å². The van der Waals surface area contributed by atoms with Crippen LogP contribution in [0.15, 0.2) is 36.2 Å². The second kappa shape index (κ2) is 15.6. The van der Waals surface area contributed by atoms with Crippen LogP contribution in [-0.4, -0.2) is 86.1 Å². The number of benzene rings is 1. The highest BCUT2D eigenvalue weighted by atomic mass is 32.1. The number of ether oxygens (including phenoxy) is 2. The van der Waals surface area contributed by atoms with Crippen LogP contribution < -0.4 is 20.7 Å². The molecule has 1 saturated heterocycles. The summed E-state index contributed by atoms with van der Waals surface area (Å²) in [5.41, 5.74) is 1.30. The number of aromatic nitrogens is 2. The summed E-state index contributed by atoms with van der Waals surface area (Å²) >= 11 is 1.28. The van der Waals surface area contributed by atoms with Gasteiger partial charge in [-0.2, -0.15) is 0 Å².